The number of nitrogens with two attached hydrogens (primary N) is 1. The minimum absolute atomic E-state index is 0.177. The van der Waals surface area contributed by atoms with Crippen LogP contribution < -0.4 is 5.73 Å². The van der Waals surface area contributed by atoms with Crippen LogP contribution in [-0.4, -0.2) is 16.2 Å². The topological polar surface area (TPSA) is 64.9 Å². The maximum Gasteiger partial charge on any atom is 0.228 e. The van der Waals surface area contributed by atoms with Crippen molar-refractivity contribution in [2.45, 2.75) is 25.3 Å². The molecule has 0 aliphatic heterocycles. The smallest absolute Gasteiger partial charge is 0.228 e. The van der Waals surface area contributed by atoms with E-state index in [4.69, 9.17) is 10.3 Å². The van der Waals surface area contributed by atoms with Gasteiger partial charge in [0.1, 0.15) is 0 Å². The van der Waals surface area contributed by atoms with E-state index in [2.05, 4.69) is 10.1 Å². The van der Waals surface area contributed by atoms with Gasteiger partial charge in [-0.2, -0.15) is 16.3 Å². The normalized spacial score (nSPS) is 17.6. The maximum absolute atomic E-state index is 6.01. The first-order valence-electron chi connectivity index (χ1n) is 5.43. The van der Waals surface area contributed by atoms with Crippen LogP contribution in [0.2, 0.25) is 0 Å². The quantitative estimate of drug-likeness (QED) is 0.881. The summed E-state index contributed by atoms with van der Waals surface area (Å²) in [5.41, 5.74) is 7.03. The van der Waals surface area contributed by atoms with Gasteiger partial charge in [0.05, 0.1) is 0 Å². The summed E-state index contributed by atoms with van der Waals surface area (Å²) in [5, 5.41) is 7.97. The van der Waals surface area contributed by atoms with Crippen LogP contribution in [0.25, 0.3) is 11.4 Å². The fourth-order valence-electron chi connectivity index (χ4n) is 1.74. The molecule has 0 saturated heterocycles. The van der Waals surface area contributed by atoms with Crippen molar-refractivity contribution in [3.63, 3.8) is 0 Å². The summed E-state index contributed by atoms with van der Waals surface area (Å²) in [4.78, 5) is 4.35. The molecule has 0 bridgehead atoms. The monoisotopic (exact) mass is 235 g/mol. The van der Waals surface area contributed by atoms with Crippen molar-refractivity contribution >= 4 is 11.3 Å². The molecule has 3 rings (SSSR count). The van der Waals surface area contributed by atoms with Crippen LogP contribution in [0, 0.1) is 5.92 Å². The van der Waals surface area contributed by atoms with Crippen molar-refractivity contribution in [1.29, 1.82) is 0 Å². The molecule has 16 heavy (non-hydrogen) atoms. The van der Waals surface area contributed by atoms with Crippen molar-refractivity contribution in [1.82, 2.24) is 10.1 Å². The molecular formula is C11H13N3OS. The lowest BCUT2D eigenvalue weighted by Crippen LogP contribution is -2.25. The lowest BCUT2D eigenvalue weighted by atomic mass is 10.1. The van der Waals surface area contributed by atoms with Gasteiger partial charge in [0.15, 0.2) is 0 Å². The Bertz CT molecular complexity index is 461. The van der Waals surface area contributed by atoms with Gasteiger partial charge in [-0.25, -0.2) is 0 Å². The zero-order valence-electron chi connectivity index (χ0n) is 8.80. The standard InChI is InChI=1S/C11H13N3OS/c12-9(7-1-2-7)5-10-13-11(14-15-10)8-3-4-16-6-8/h3-4,6-7,9H,1-2,5,12H2. The van der Waals surface area contributed by atoms with Crippen LogP contribution >= 0.6 is 11.3 Å². The molecule has 0 spiro atoms. The number of thiophene rings is 1. The van der Waals surface area contributed by atoms with Crippen LogP contribution in [0.15, 0.2) is 21.3 Å². The van der Waals surface area contributed by atoms with Crippen molar-refractivity contribution < 1.29 is 4.52 Å². The molecule has 5 heteroatoms. The van der Waals surface area contributed by atoms with Crippen LogP contribution in [0.1, 0.15) is 18.7 Å². The van der Waals surface area contributed by atoms with Crippen molar-refractivity contribution in [2.75, 3.05) is 0 Å². The van der Waals surface area contributed by atoms with E-state index < -0.39 is 0 Å². The summed E-state index contributed by atoms with van der Waals surface area (Å²) < 4.78 is 5.20. The lowest BCUT2D eigenvalue weighted by molar-refractivity contribution is 0.364. The van der Waals surface area contributed by atoms with Crippen LogP contribution in [0.3, 0.4) is 0 Å². The van der Waals surface area contributed by atoms with E-state index in [1.807, 2.05) is 16.8 Å². The van der Waals surface area contributed by atoms with E-state index in [1.54, 1.807) is 11.3 Å². The highest BCUT2D eigenvalue weighted by atomic mass is 32.1. The molecule has 1 unspecified atom stereocenters. The first-order chi connectivity index (χ1) is 7.83. The molecule has 0 aromatic carbocycles. The highest BCUT2D eigenvalue weighted by molar-refractivity contribution is 7.08. The van der Waals surface area contributed by atoms with Gasteiger partial charge in [0.2, 0.25) is 11.7 Å². The molecule has 2 aromatic heterocycles. The average Bonchev–Trinajstić information content (AvgIpc) is 2.80. The lowest BCUT2D eigenvalue weighted by Gasteiger charge is -2.04. The molecule has 1 atom stereocenters. The Morgan fingerprint density at radius 3 is 3.12 bits per heavy atom. The Hall–Kier alpha value is -1.20. The number of hydrogen-bond donors (Lipinski definition) is 1. The third-order valence-corrected chi connectivity index (χ3v) is 3.57. The highest BCUT2D eigenvalue weighted by Gasteiger charge is 2.29. The van der Waals surface area contributed by atoms with Gasteiger partial charge in [-0.1, -0.05) is 5.16 Å². The molecule has 2 heterocycles. The van der Waals surface area contributed by atoms with Crippen LogP contribution in [-0.2, 0) is 6.42 Å². The predicted molar refractivity (Wildman–Crippen MR) is 62.0 cm³/mol. The second-order valence-electron chi connectivity index (χ2n) is 4.23. The van der Waals surface area contributed by atoms with Gasteiger partial charge < -0.3 is 10.3 Å². The van der Waals surface area contributed by atoms with Crippen molar-refractivity contribution in [3.8, 4) is 11.4 Å². The summed E-state index contributed by atoms with van der Waals surface area (Å²) in [6.45, 7) is 0. The third-order valence-electron chi connectivity index (χ3n) is 2.89. The SMILES string of the molecule is NC(Cc1nc(-c2ccsc2)no1)C1CC1. The summed E-state index contributed by atoms with van der Waals surface area (Å²) in [6, 6.07) is 2.16. The van der Waals surface area contributed by atoms with Gasteiger partial charge in [-0.05, 0) is 30.2 Å². The van der Waals surface area contributed by atoms with Gasteiger partial charge in [-0.3, -0.25) is 0 Å². The van der Waals surface area contributed by atoms with Crippen molar-refractivity contribution in [3.05, 3.63) is 22.7 Å². The Kier molecular flexibility index (Phi) is 2.49. The molecule has 2 aromatic rings. The molecule has 0 radical (unpaired) electrons. The fourth-order valence-corrected chi connectivity index (χ4v) is 2.37. The zero-order chi connectivity index (χ0) is 11.0. The molecule has 4 nitrogen and oxygen atoms in total. The second-order valence-corrected chi connectivity index (χ2v) is 5.01. The van der Waals surface area contributed by atoms with Crippen molar-refractivity contribution in [2.24, 2.45) is 11.7 Å². The molecule has 0 amide bonds. The molecule has 1 aliphatic rings. The molecule has 1 fully saturated rings. The summed E-state index contributed by atoms with van der Waals surface area (Å²) in [5.74, 6) is 1.98. The second kappa shape index (κ2) is 3.99. The zero-order valence-corrected chi connectivity index (χ0v) is 9.61. The van der Waals surface area contributed by atoms with Gasteiger partial charge >= 0.3 is 0 Å². The Labute approximate surface area is 97.5 Å². The first-order valence-corrected chi connectivity index (χ1v) is 6.38. The highest BCUT2D eigenvalue weighted by Crippen LogP contribution is 2.32. The fraction of sp³-hybridized carbons (Fsp3) is 0.455. The largest absolute Gasteiger partial charge is 0.339 e. The van der Waals surface area contributed by atoms with Gasteiger partial charge in [0, 0.05) is 23.4 Å². The van der Waals surface area contributed by atoms with Crippen LogP contribution in [0.5, 0.6) is 0 Å². The maximum atomic E-state index is 6.01. The van der Waals surface area contributed by atoms with E-state index in [1.165, 1.54) is 12.8 Å². The molecule has 2 N–H and O–H groups in total. The van der Waals surface area contributed by atoms with E-state index in [0.717, 1.165) is 5.56 Å². The number of aromatic nitrogens is 2. The Morgan fingerprint density at radius 2 is 2.44 bits per heavy atom. The molecule has 1 aliphatic carbocycles. The predicted octanol–water partition coefficient (Wildman–Crippen LogP) is 2.08. The summed E-state index contributed by atoms with van der Waals surface area (Å²) >= 11 is 1.63. The summed E-state index contributed by atoms with van der Waals surface area (Å²) in [6.07, 6.45) is 3.18. The van der Waals surface area contributed by atoms with Gasteiger partial charge in [-0.15, -0.1) is 0 Å². The Morgan fingerprint density at radius 1 is 1.56 bits per heavy atom. The van der Waals surface area contributed by atoms with E-state index in [9.17, 15) is 0 Å². The van der Waals surface area contributed by atoms with Gasteiger partial charge in [0.25, 0.3) is 0 Å². The number of hydrogen-bond acceptors (Lipinski definition) is 5. The van der Waals surface area contributed by atoms with Crippen LogP contribution in [0.4, 0.5) is 0 Å². The minimum atomic E-state index is 0.177. The Balaban J connectivity index is 1.72. The van der Waals surface area contributed by atoms with E-state index in [0.29, 0.717) is 24.1 Å². The van der Waals surface area contributed by atoms with E-state index >= 15 is 0 Å². The summed E-state index contributed by atoms with van der Waals surface area (Å²) in [7, 11) is 0. The first kappa shape index (κ1) is 9.99. The average molecular weight is 235 g/mol. The molecule has 84 valence electrons. The molecule has 1 saturated carbocycles. The third kappa shape index (κ3) is 2.01. The molecular weight excluding hydrogens is 222 g/mol. The van der Waals surface area contributed by atoms with E-state index in [-0.39, 0.29) is 6.04 Å². The number of nitrogens with zero attached hydrogens (tertiary/aromatic N) is 2. The minimum Gasteiger partial charge on any atom is -0.339 e. The number of rotatable bonds is 4.